The summed E-state index contributed by atoms with van der Waals surface area (Å²) < 4.78 is 13.4. The van der Waals surface area contributed by atoms with Crippen LogP contribution >= 0.6 is 23.2 Å². The normalized spacial score (nSPS) is 11.7. The zero-order valence-electron chi connectivity index (χ0n) is 10.1. The third-order valence-corrected chi connectivity index (χ3v) is 3.55. The van der Waals surface area contributed by atoms with Gasteiger partial charge >= 0.3 is 0 Å². The van der Waals surface area contributed by atoms with E-state index in [1.54, 1.807) is 24.3 Å². The van der Waals surface area contributed by atoms with Crippen LogP contribution < -0.4 is 0 Å². The Balaban J connectivity index is 2.49. The van der Waals surface area contributed by atoms with Crippen molar-refractivity contribution in [2.45, 2.75) is 5.92 Å². The van der Waals surface area contributed by atoms with Gasteiger partial charge < -0.3 is 0 Å². The van der Waals surface area contributed by atoms with Crippen molar-refractivity contribution in [3.63, 3.8) is 0 Å². The summed E-state index contributed by atoms with van der Waals surface area (Å²) in [4.78, 5) is 12.4. The van der Waals surface area contributed by atoms with Gasteiger partial charge in [-0.15, -0.1) is 0 Å². The Labute approximate surface area is 125 Å². The second kappa shape index (κ2) is 6.04. The van der Waals surface area contributed by atoms with Crippen LogP contribution in [-0.4, -0.2) is 5.78 Å². The summed E-state index contributed by atoms with van der Waals surface area (Å²) in [6.45, 7) is 0. The zero-order chi connectivity index (χ0) is 14.7. The van der Waals surface area contributed by atoms with Gasteiger partial charge in [-0.25, -0.2) is 4.39 Å². The maximum absolute atomic E-state index is 13.4. The second-order valence-corrected chi connectivity index (χ2v) is 4.83. The predicted molar refractivity (Wildman–Crippen MR) is 75.5 cm³/mol. The molecule has 20 heavy (non-hydrogen) atoms. The number of nitrogens with zero attached hydrogens (tertiary/aromatic N) is 1. The van der Waals surface area contributed by atoms with Gasteiger partial charge in [0.15, 0.2) is 5.78 Å². The number of Topliss-reactive ketones (excluding diaryl/α,β-unsaturated/α-hetero) is 1. The van der Waals surface area contributed by atoms with Crippen molar-refractivity contribution in [1.82, 2.24) is 0 Å². The van der Waals surface area contributed by atoms with Crippen LogP contribution in [0, 0.1) is 17.1 Å². The van der Waals surface area contributed by atoms with E-state index >= 15 is 0 Å². The van der Waals surface area contributed by atoms with E-state index in [0.29, 0.717) is 10.6 Å². The maximum atomic E-state index is 13.4. The highest BCUT2D eigenvalue weighted by atomic mass is 35.5. The van der Waals surface area contributed by atoms with Gasteiger partial charge in [0.2, 0.25) is 0 Å². The first-order chi connectivity index (χ1) is 9.56. The molecule has 2 aromatic carbocycles. The fraction of sp³-hybridized carbons (Fsp3) is 0.0667. The lowest BCUT2D eigenvalue weighted by atomic mass is 9.92. The molecule has 2 nitrogen and oxygen atoms in total. The Kier molecular flexibility index (Phi) is 4.39. The van der Waals surface area contributed by atoms with Crippen LogP contribution in [0.4, 0.5) is 4.39 Å². The third-order valence-electron chi connectivity index (χ3n) is 2.82. The van der Waals surface area contributed by atoms with Gasteiger partial charge in [-0.3, -0.25) is 4.79 Å². The SMILES string of the molecule is N#CC(C(=O)c1cccc(F)c1Cl)c1ccccc1Cl. The molecule has 2 rings (SSSR count). The summed E-state index contributed by atoms with van der Waals surface area (Å²) in [5.74, 6) is -2.40. The Bertz CT molecular complexity index is 709. The number of nitriles is 1. The van der Waals surface area contributed by atoms with E-state index in [2.05, 4.69) is 0 Å². The standard InChI is InChI=1S/C15H8Cl2FNO/c16-12-6-2-1-4-9(12)11(8-19)15(20)10-5-3-7-13(18)14(10)17/h1-7,11H. The lowest BCUT2D eigenvalue weighted by Crippen LogP contribution is -2.12. The minimum atomic E-state index is -1.12. The number of hydrogen-bond acceptors (Lipinski definition) is 2. The van der Waals surface area contributed by atoms with Crippen molar-refractivity contribution in [3.05, 3.63) is 69.5 Å². The van der Waals surface area contributed by atoms with Gasteiger partial charge in [0.05, 0.1) is 11.1 Å². The van der Waals surface area contributed by atoms with E-state index in [-0.39, 0.29) is 10.6 Å². The summed E-state index contributed by atoms with van der Waals surface area (Å²) in [5, 5.41) is 9.25. The summed E-state index contributed by atoms with van der Waals surface area (Å²) in [5.41, 5.74) is 0.347. The second-order valence-electron chi connectivity index (χ2n) is 4.05. The van der Waals surface area contributed by atoms with Gasteiger partial charge in [0.1, 0.15) is 11.7 Å². The van der Waals surface area contributed by atoms with Crippen LogP contribution in [0.5, 0.6) is 0 Å². The number of rotatable bonds is 3. The lowest BCUT2D eigenvalue weighted by molar-refractivity contribution is 0.0978. The first-order valence-corrected chi connectivity index (χ1v) is 6.44. The Morgan fingerprint density at radius 1 is 1.15 bits per heavy atom. The van der Waals surface area contributed by atoms with Gasteiger partial charge in [-0.1, -0.05) is 47.5 Å². The van der Waals surface area contributed by atoms with Crippen LogP contribution in [0.1, 0.15) is 21.8 Å². The number of benzene rings is 2. The minimum Gasteiger partial charge on any atom is -0.292 e. The van der Waals surface area contributed by atoms with Gasteiger partial charge in [0, 0.05) is 10.6 Å². The number of carbonyl (C=O) groups excluding carboxylic acids is 1. The molecule has 0 aliphatic rings. The fourth-order valence-electron chi connectivity index (χ4n) is 1.83. The molecule has 0 heterocycles. The van der Waals surface area contributed by atoms with Crippen molar-refractivity contribution in [1.29, 1.82) is 5.26 Å². The molecule has 0 spiro atoms. The minimum absolute atomic E-state index is 0.0295. The highest BCUT2D eigenvalue weighted by Crippen LogP contribution is 2.30. The van der Waals surface area contributed by atoms with E-state index in [0.717, 1.165) is 6.07 Å². The van der Waals surface area contributed by atoms with E-state index in [1.165, 1.54) is 12.1 Å². The van der Waals surface area contributed by atoms with E-state index < -0.39 is 17.5 Å². The monoisotopic (exact) mass is 307 g/mol. The zero-order valence-corrected chi connectivity index (χ0v) is 11.6. The molecule has 0 amide bonds. The van der Waals surface area contributed by atoms with Crippen molar-refractivity contribution in [3.8, 4) is 6.07 Å². The summed E-state index contributed by atoms with van der Waals surface area (Å²) >= 11 is 11.8. The molecule has 0 fully saturated rings. The molecule has 100 valence electrons. The number of halogens is 3. The van der Waals surface area contributed by atoms with Crippen LogP contribution in [0.25, 0.3) is 0 Å². The Morgan fingerprint density at radius 3 is 2.50 bits per heavy atom. The van der Waals surface area contributed by atoms with Crippen LogP contribution in [-0.2, 0) is 0 Å². The van der Waals surface area contributed by atoms with Crippen molar-refractivity contribution < 1.29 is 9.18 Å². The molecule has 0 radical (unpaired) electrons. The Morgan fingerprint density at radius 2 is 1.85 bits per heavy atom. The average molecular weight is 308 g/mol. The molecule has 1 unspecified atom stereocenters. The van der Waals surface area contributed by atoms with Gasteiger partial charge in [-0.2, -0.15) is 5.26 Å². The molecule has 2 aromatic rings. The van der Waals surface area contributed by atoms with Crippen LogP contribution in [0.15, 0.2) is 42.5 Å². The quantitative estimate of drug-likeness (QED) is 0.776. The molecule has 0 aliphatic heterocycles. The van der Waals surface area contributed by atoms with E-state index in [9.17, 15) is 14.4 Å². The van der Waals surface area contributed by atoms with Crippen molar-refractivity contribution in [2.24, 2.45) is 0 Å². The summed E-state index contributed by atoms with van der Waals surface area (Å²) in [6, 6.07) is 12.3. The predicted octanol–water partition coefficient (Wildman–Crippen LogP) is 4.62. The van der Waals surface area contributed by atoms with Gasteiger partial charge in [0.25, 0.3) is 0 Å². The molecule has 0 saturated heterocycles. The Hall–Kier alpha value is -1.89. The van der Waals surface area contributed by atoms with Crippen LogP contribution in [0.3, 0.4) is 0 Å². The first kappa shape index (κ1) is 14.5. The average Bonchev–Trinajstić information content (AvgIpc) is 2.44. The van der Waals surface area contributed by atoms with Crippen LogP contribution in [0.2, 0.25) is 10.0 Å². The maximum Gasteiger partial charge on any atom is 0.186 e. The smallest absolute Gasteiger partial charge is 0.186 e. The summed E-state index contributed by atoms with van der Waals surface area (Å²) in [6.07, 6.45) is 0. The van der Waals surface area contributed by atoms with E-state index in [4.69, 9.17) is 23.2 Å². The molecule has 0 N–H and O–H groups in total. The third kappa shape index (κ3) is 2.67. The molecule has 0 bridgehead atoms. The molecule has 0 aliphatic carbocycles. The molecule has 5 heteroatoms. The first-order valence-electron chi connectivity index (χ1n) is 5.68. The highest BCUT2D eigenvalue weighted by Gasteiger charge is 2.26. The van der Waals surface area contributed by atoms with Gasteiger partial charge in [-0.05, 0) is 23.8 Å². The number of carbonyl (C=O) groups is 1. The molecule has 1 atom stereocenters. The van der Waals surface area contributed by atoms with Crippen molar-refractivity contribution in [2.75, 3.05) is 0 Å². The number of hydrogen-bond donors (Lipinski definition) is 0. The van der Waals surface area contributed by atoms with E-state index in [1.807, 2.05) is 6.07 Å². The molecule has 0 aromatic heterocycles. The molecular weight excluding hydrogens is 300 g/mol. The summed E-state index contributed by atoms with van der Waals surface area (Å²) in [7, 11) is 0. The topological polar surface area (TPSA) is 40.9 Å². The molecular formula is C15H8Cl2FNO. The number of ketones is 1. The highest BCUT2D eigenvalue weighted by molar-refractivity contribution is 6.35. The lowest BCUT2D eigenvalue weighted by Gasteiger charge is -2.11. The van der Waals surface area contributed by atoms with Crippen molar-refractivity contribution >= 4 is 29.0 Å². The molecule has 0 saturated carbocycles. The largest absolute Gasteiger partial charge is 0.292 e. The fourth-order valence-corrected chi connectivity index (χ4v) is 2.29.